The van der Waals surface area contributed by atoms with Crippen LogP contribution >= 0.6 is 11.6 Å². The van der Waals surface area contributed by atoms with Crippen molar-refractivity contribution in [2.24, 2.45) is 0 Å². The highest BCUT2D eigenvalue weighted by atomic mass is 35.5. The van der Waals surface area contributed by atoms with Gasteiger partial charge in [-0.1, -0.05) is 11.6 Å². The molecule has 7 nitrogen and oxygen atoms in total. The zero-order chi connectivity index (χ0) is 14.7. The van der Waals surface area contributed by atoms with E-state index in [9.17, 15) is 14.9 Å². The summed E-state index contributed by atoms with van der Waals surface area (Å²) < 4.78 is 0. The number of aryl methyl sites for hydroxylation is 1. The molecule has 2 aromatic rings. The number of halogens is 1. The lowest BCUT2D eigenvalue weighted by Gasteiger charge is -2.06. The lowest BCUT2D eigenvalue weighted by molar-refractivity contribution is -0.385. The first-order chi connectivity index (χ1) is 9.47. The minimum absolute atomic E-state index is 0.00617. The number of amides is 1. The van der Waals surface area contributed by atoms with E-state index in [2.05, 4.69) is 15.3 Å². The molecule has 0 radical (unpaired) electrons. The Bertz CT molecular complexity index is 690. The van der Waals surface area contributed by atoms with Crippen molar-refractivity contribution in [2.45, 2.75) is 6.92 Å². The molecule has 0 aliphatic carbocycles. The minimum Gasteiger partial charge on any atom is -0.322 e. The molecule has 0 bridgehead atoms. The molecule has 2 rings (SSSR count). The maximum absolute atomic E-state index is 12.1. The van der Waals surface area contributed by atoms with E-state index in [0.29, 0.717) is 11.4 Å². The van der Waals surface area contributed by atoms with Gasteiger partial charge in [0.15, 0.2) is 0 Å². The predicted molar refractivity (Wildman–Crippen MR) is 72.8 cm³/mol. The average molecular weight is 293 g/mol. The van der Waals surface area contributed by atoms with Crippen molar-refractivity contribution in [1.82, 2.24) is 9.97 Å². The maximum atomic E-state index is 12.1. The molecule has 1 N–H and O–H groups in total. The molecule has 20 heavy (non-hydrogen) atoms. The molecule has 0 atom stereocenters. The molecule has 102 valence electrons. The van der Waals surface area contributed by atoms with Crippen LogP contribution in [-0.2, 0) is 0 Å². The number of hydrogen-bond acceptors (Lipinski definition) is 5. The number of carbonyl (C=O) groups excluding carboxylic acids is 1. The molecule has 0 saturated heterocycles. The van der Waals surface area contributed by atoms with E-state index in [0.717, 1.165) is 12.3 Å². The summed E-state index contributed by atoms with van der Waals surface area (Å²) in [5, 5.41) is 13.4. The van der Waals surface area contributed by atoms with Crippen LogP contribution < -0.4 is 5.32 Å². The summed E-state index contributed by atoms with van der Waals surface area (Å²) in [4.78, 5) is 29.9. The number of rotatable bonds is 3. The number of nitrogens with one attached hydrogen (secondary N) is 1. The lowest BCUT2D eigenvalue weighted by atomic mass is 10.2. The Hall–Kier alpha value is -2.54. The first-order valence-electron chi connectivity index (χ1n) is 5.51. The van der Waals surface area contributed by atoms with Gasteiger partial charge in [0, 0.05) is 17.6 Å². The van der Waals surface area contributed by atoms with Crippen LogP contribution in [0.15, 0.2) is 30.6 Å². The van der Waals surface area contributed by atoms with Gasteiger partial charge in [-0.25, -0.2) is 4.98 Å². The highest BCUT2D eigenvalue weighted by molar-refractivity contribution is 6.30. The van der Waals surface area contributed by atoms with Crippen LogP contribution in [0.5, 0.6) is 0 Å². The summed E-state index contributed by atoms with van der Waals surface area (Å²) in [6, 6.07) is 4.38. The summed E-state index contributed by atoms with van der Waals surface area (Å²) in [6.45, 7) is 1.77. The number of hydrogen-bond donors (Lipinski definition) is 1. The van der Waals surface area contributed by atoms with Crippen molar-refractivity contribution < 1.29 is 9.72 Å². The molecule has 2 aromatic heterocycles. The number of nitro groups is 1. The Morgan fingerprint density at radius 3 is 2.80 bits per heavy atom. The second-order valence-corrected chi connectivity index (χ2v) is 4.31. The third kappa shape index (κ3) is 3.07. The largest absolute Gasteiger partial charge is 0.322 e. The van der Waals surface area contributed by atoms with E-state index < -0.39 is 16.5 Å². The van der Waals surface area contributed by atoms with E-state index in [1.807, 2.05) is 0 Å². The van der Waals surface area contributed by atoms with Crippen LogP contribution in [0.1, 0.15) is 16.1 Å². The number of pyridine rings is 2. The Kier molecular flexibility index (Phi) is 3.90. The highest BCUT2D eigenvalue weighted by Crippen LogP contribution is 2.21. The van der Waals surface area contributed by atoms with Crippen molar-refractivity contribution in [3.05, 3.63) is 57.1 Å². The fourth-order valence-electron chi connectivity index (χ4n) is 1.57. The Balaban J connectivity index is 2.34. The molecule has 0 saturated carbocycles. The van der Waals surface area contributed by atoms with Gasteiger partial charge in [-0.15, -0.1) is 0 Å². The van der Waals surface area contributed by atoms with Crippen molar-refractivity contribution in [3.8, 4) is 0 Å². The molecule has 1 amide bonds. The first-order valence-corrected chi connectivity index (χ1v) is 5.89. The molecule has 0 aliphatic rings. The van der Waals surface area contributed by atoms with Crippen molar-refractivity contribution in [3.63, 3.8) is 0 Å². The van der Waals surface area contributed by atoms with Gasteiger partial charge in [-0.3, -0.25) is 19.9 Å². The number of carbonyl (C=O) groups is 1. The van der Waals surface area contributed by atoms with E-state index in [1.54, 1.807) is 19.1 Å². The van der Waals surface area contributed by atoms with Gasteiger partial charge in [0.1, 0.15) is 16.9 Å². The summed E-state index contributed by atoms with van der Waals surface area (Å²) >= 11 is 5.67. The first kappa shape index (κ1) is 13.9. The summed E-state index contributed by atoms with van der Waals surface area (Å²) in [5.74, 6) is -0.633. The molecule has 0 spiro atoms. The molecule has 0 aliphatic heterocycles. The molecule has 0 fully saturated rings. The second kappa shape index (κ2) is 5.62. The van der Waals surface area contributed by atoms with Crippen molar-refractivity contribution in [2.75, 3.05) is 5.32 Å². The number of aromatic nitrogens is 2. The van der Waals surface area contributed by atoms with Gasteiger partial charge < -0.3 is 5.32 Å². The van der Waals surface area contributed by atoms with Crippen LogP contribution in [0, 0.1) is 17.0 Å². The van der Waals surface area contributed by atoms with Crippen LogP contribution in [0.25, 0.3) is 0 Å². The zero-order valence-electron chi connectivity index (χ0n) is 10.3. The Morgan fingerprint density at radius 2 is 2.15 bits per heavy atom. The molecule has 2 heterocycles. The lowest BCUT2D eigenvalue weighted by Crippen LogP contribution is -2.14. The van der Waals surface area contributed by atoms with Gasteiger partial charge in [-0.2, -0.15) is 0 Å². The molecule has 0 aromatic carbocycles. The van der Waals surface area contributed by atoms with E-state index in [4.69, 9.17) is 11.6 Å². The Labute approximate surface area is 118 Å². The molecule has 8 heteroatoms. The number of anilines is 1. The summed E-state index contributed by atoms with van der Waals surface area (Å²) in [5.41, 5.74) is 0.650. The van der Waals surface area contributed by atoms with Gasteiger partial charge in [-0.05, 0) is 25.1 Å². The van der Waals surface area contributed by atoms with Crippen LogP contribution in [0.2, 0.25) is 5.15 Å². The third-order valence-corrected chi connectivity index (χ3v) is 2.65. The van der Waals surface area contributed by atoms with Crippen molar-refractivity contribution >= 4 is 28.9 Å². The minimum atomic E-state index is -0.684. The molecular weight excluding hydrogens is 284 g/mol. The summed E-state index contributed by atoms with van der Waals surface area (Å²) in [6.07, 6.45) is 2.48. The van der Waals surface area contributed by atoms with Crippen LogP contribution in [-0.4, -0.2) is 20.8 Å². The van der Waals surface area contributed by atoms with Gasteiger partial charge in [0.25, 0.3) is 11.6 Å². The molecule has 0 unspecified atom stereocenters. The zero-order valence-corrected chi connectivity index (χ0v) is 11.1. The quantitative estimate of drug-likeness (QED) is 0.532. The third-order valence-electron chi connectivity index (χ3n) is 2.45. The van der Waals surface area contributed by atoms with Gasteiger partial charge in [0.05, 0.1) is 4.92 Å². The maximum Gasteiger partial charge on any atom is 0.300 e. The number of nitrogens with zero attached hydrogens (tertiary/aromatic N) is 3. The SMILES string of the molecule is Cc1cc(NC(=O)c2cc(Cl)ncc2[N+](=O)[O-])ccn1. The smallest absolute Gasteiger partial charge is 0.300 e. The second-order valence-electron chi connectivity index (χ2n) is 3.92. The monoisotopic (exact) mass is 292 g/mol. The van der Waals surface area contributed by atoms with Crippen molar-refractivity contribution in [1.29, 1.82) is 0 Å². The van der Waals surface area contributed by atoms with Crippen LogP contribution in [0.4, 0.5) is 11.4 Å². The van der Waals surface area contributed by atoms with Crippen LogP contribution in [0.3, 0.4) is 0 Å². The van der Waals surface area contributed by atoms with E-state index >= 15 is 0 Å². The topological polar surface area (TPSA) is 98.0 Å². The van der Waals surface area contributed by atoms with E-state index in [-0.39, 0.29) is 10.7 Å². The van der Waals surface area contributed by atoms with Gasteiger partial charge >= 0.3 is 0 Å². The van der Waals surface area contributed by atoms with Gasteiger partial charge in [0.2, 0.25) is 0 Å². The average Bonchev–Trinajstić information content (AvgIpc) is 2.38. The normalized spacial score (nSPS) is 10.1. The predicted octanol–water partition coefficient (Wildman–Crippen LogP) is 2.60. The molecular formula is C12H9ClN4O3. The standard InChI is InChI=1S/C12H9ClN4O3/c1-7-4-8(2-3-14-7)16-12(18)9-5-11(13)15-6-10(9)17(19)20/h2-6H,1H3,(H,14,16,18). The Morgan fingerprint density at radius 1 is 1.40 bits per heavy atom. The fourth-order valence-corrected chi connectivity index (χ4v) is 1.73. The van der Waals surface area contributed by atoms with E-state index in [1.165, 1.54) is 6.20 Å². The fraction of sp³-hybridized carbons (Fsp3) is 0.0833. The highest BCUT2D eigenvalue weighted by Gasteiger charge is 2.21. The summed E-state index contributed by atoms with van der Waals surface area (Å²) in [7, 11) is 0.